The largest absolute Gasteiger partial charge is 0.497 e. The number of likely N-dealkylation sites (tertiary alicyclic amines) is 1. The van der Waals surface area contributed by atoms with Gasteiger partial charge in [0.05, 0.1) is 25.4 Å². The van der Waals surface area contributed by atoms with Crippen molar-refractivity contribution in [2.45, 2.75) is 51.6 Å². The van der Waals surface area contributed by atoms with E-state index in [1.807, 2.05) is 37.6 Å². The van der Waals surface area contributed by atoms with E-state index in [1.165, 1.54) is 4.90 Å². The minimum absolute atomic E-state index is 0.0712. The van der Waals surface area contributed by atoms with Crippen LogP contribution in [-0.4, -0.2) is 66.1 Å². The van der Waals surface area contributed by atoms with Crippen LogP contribution in [0.1, 0.15) is 42.3 Å². The van der Waals surface area contributed by atoms with Gasteiger partial charge < -0.3 is 14.8 Å². The van der Waals surface area contributed by atoms with Crippen molar-refractivity contribution in [3.63, 3.8) is 0 Å². The number of hydrogen-bond acceptors (Lipinski definition) is 7. The third-order valence-corrected chi connectivity index (χ3v) is 8.26. The monoisotopic (exact) mass is 486 g/mol. The van der Waals surface area contributed by atoms with Crippen LogP contribution in [0, 0.1) is 12.8 Å². The van der Waals surface area contributed by atoms with Gasteiger partial charge in [0.1, 0.15) is 17.0 Å². The summed E-state index contributed by atoms with van der Waals surface area (Å²) in [5, 5.41) is 3.10. The van der Waals surface area contributed by atoms with Crippen LogP contribution in [0.15, 0.2) is 23.7 Å². The first-order valence-electron chi connectivity index (χ1n) is 11.9. The van der Waals surface area contributed by atoms with Crippen LogP contribution in [0.2, 0.25) is 0 Å². The van der Waals surface area contributed by atoms with Crippen LogP contribution in [0.25, 0.3) is 0 Å². The molecule has 3 amide bonds. The molecule has 0 aliphatic carbocycles. The second-order valence-corrected chi connectivity index (χ2v) is 10.0. The molecule has 8 nitrogen and oxygen atoms in total. The highest BCUT2D eigenvalue weighted by molar-refractivity contribution is 7.09. The van der Waals surface area contributed by atoms with Crippen molar-refractivity contribution >= 4 is 23.3 Å². The van der Waals surface area contributed by atoms with Gasteiger partial charge in [-0.25, -0.2) is 9.78 Å². The van der Waals surface area contributed by atoms with E-state index >= 15 is 0 Å². The summed E-state index contributed by atoms with van der Waals surface area (Å²) in [4.78, 5) is 35.5. The zero-order chi connectivity index (χ0) is 24.3. The summed E-state index contributed by atoms with van der Waals surface area (Å²) < 4.78 is 10.8. The van der Waals surface area contributed by atoms with Crippen LogP contribution < -0.4 is 14.8 Å². The lowest BCUT2D eigenvalue weighted by molar-refractivity contribution is -0.134. The third kappa shape index (κ3) is 4.77. The van der Waals surface area contributed by atoms with Crippen LogP contribution in [0.3, 0.4) is 0 Å². The molecule has 0 bridgehead atoms. The van der Waals surface area contributed by atoms with E-state index in [-0.39, 0.29) is 17.9 Å². The number of nitrogens with one attached hydrogen (secondary N) is 1. The van der Waals surface area contributed by atoms with E-state index < -0.39 is 5.54 Å². The fourth-order valence-electron chi connectivity index (χ4n) is 5.23. The van der Waals surface area contributed by atoms with Gasteiger partial charge in [-0.15, -0.1) is 11.3 Å². The first-order chi connectivity index (χ1) is 16.4. The van der Waals surface area contributed by atoms with Gasteiger partial charge in [-0.1, -0.05) is 6.92 Å². The topological polar surface area (TPSA) is 84.0 Å². The molecule has 2 fully saturated rings. The third-order valence-electron chi connectivity index (χ3n) is 7.27. The van der Waals surface area contributed by atoms with E-state index in [9.17, 15) is 9.59 Å². The molecule has 34 heavy (non-hydrogen) atoms. The maximum atomic E-state index is 13.5. The quantitative estimate of drug-likeness (QED) is 0.545. The Hall–Kier alpha value is -2.65. The Morgan fingerprint density at radius 1 is 1.15 bits per heavy atom. The Kier molecular flexibility index (Phi) is 7.42. The van der Waals surface area contributed by atoms with E-state index in [0.29, 0.717) is 19.4 Å². The molecule has 2 aromatic rings. The maximum Gasteiger partial charge on any atom is 0.325 e. The van der Waals surface area contributed by atoms with Crippen molar-refractivity contribution in [3.05, 3.63) is 39.8 Å². The van der Waals surface area contributed by atoms with Gasteiger partial charge in [-0.05, 0) is 62.9 Å². The molecule has 0 radical (unpaired) electrons. The van der Waals surface area contributed by atoms with Crippen molar-refractivity contribution < 1.29 is 19.1 Å². The molecule has 3 heterocycles. The smallest absolute Gasteiger partial charge is 0.325 e. The summed E-state index contributed by atoms with van der Waals surface area (Å²) in [6.45, 7) is 6.89. The molecule has 1 N–H and O–H groups in total. The highest BCUT2D eigenvalue weighted by Gasteiger charge is 2.54. The fraction of sp³-hybridized carbons (Fsp3) is 0.560. The lowest BCUT2D eigenvalue weighted by atomic mass is 9.75. The molecule has 1 aromatic carbocycles. The number of carbonyl (C=O) groups excluding carboxylic acids is 2. The number of imide groups is 1. The molecule has 184 valence electrons. The van der Waals surface area contributed by atoms with Gasteiger partial charge in [0.2, 0.25) is 0 Å². The molecular weight excluding hydrogens is 452 g/mol. The number of benzene rings is 1. The maximum absolute atomic E-state index is 13.5. The molecule has 1 atom stereocenters. The molecule has 0 unspecified atom stereocenters. The molecule has 0 saturated carbocycles. The summed E-state index contributed by atoms with van der Waals surface area (Å²) in [5.41, 5.74) is 3.11. The van der Waals surface area contributed by atoms with Crippen molar-refractivity contribution in [1.29, 1.82) is 0 Å². The van der Waals surface area contributed by atoms with E-state index in [1.54, 1.807) is 25.6 Å². The van der Waals surface area contributed by atoms with E-state index in [4.69, 9.17) is 9.47 Å². The van der Waals surface area contributed by atoms with E-state index in [2.05, 4.69) is 15.2 Å². The number of carbonyl (C=O) groups is 2. The number of amides is 3. The second-order valence-electron chi connectivity index (χ2n) is 9.09. The summed E-state index contributed by atoms with van der Waals surface area (Å²) in [6, 6.07) is 5.67. The number of rotatable bonds is 9. The second kappa shape index (κ2) is 10.3. The molecule has 2 aliphatic heterocycles. The molecule has 4 rings (SSSR count). The lowest BCUT2D eigenvalue weighted by Crippen LogP contribution is -2.55. The number of methoxy groups -OCH3 is 2. The number of hydrogen-bond donors (Lipinski definition) is 1. The minimum Gasteiger partial charge on any atom is -0.497 e. The van der Waals surface area contributed by atoms with Crippen LogP contribution in [-0.2, 0) is 17.8 Å². The van der Waals surface area contributed by atoms with Gasteiger partial charge in [-0.2, -0.15) is 0 Å². The van der Waals surface area contributed by atoms with Gasteiger partial charge in [0.15, 0.2) is 0 Å². The predicted octanol–water partition coefficient (Wildman–Crippen LogP) is 3.62. The molecule has 2 saturated heterocycles. The van der Waals surface area contributed by atoms with Crippen molar-refractivity contribution in [2.24, 2.45) is 5.92 Å². The summed E-state index contributed by atoms with van der Waals surface area (Å²) in [6.07, 6.45) is 2.98. The average Bonchev–Trinajstić information content (AvgIpc) is 3.37. The number of urea groups is 1. The fourth-order valence-corrected chi connectivity index (χ4v) is 6.00. The number of thiazole rings is 1. The minimum atomic E-state index is -0.800. The normalized spacial score (nSPS) is 21.7. The Morgan fingerprint density at radius 2 is 1.82 bits per heavy atom. The molecular formula is C25H34N4O4S. The molecule has 0 spiro atoms. The molecule has 9 heteroatoms. The zero-order valence-electron chi connectivity index (χ0n) is 20.4. The van der Waals surface area contributed by atoms with Crippen LogP contribution in [0.4, 0.5) is 4.79 Å². The summed E-state index contributed by atoms with van der Waals surface area (Å²) in [7, 11) is 3.31. The van der Waals surface area contributed by atoms with Crippen LogP contribution in [0.5, 0.6) is 11.5 Å². The number of aryl methyl sites for hydroxylation is 1. The van der Waals surface area contributed by atoms with Gasteiger partial charge >= 0.3 is 6.03 Å². The van der Waals surface area contributed by atoms with Gasteiger partial charge in [0, 0.05) is 30.5 Å². The zero-order valence-corrected chi connectivity index (χ0v) is 21.2. The first-order valence-corrected chi connectivity index (χ1v) is 12.8. The number of piperidine rings is 1. The average molecular weight is 487 g/mol. The molecule has 1 aromatic heterocycles. The number of aromatic nitrogens is 1. The van der Waals surface area contributed by atoms with Gasteiger partial charge in [-0.3, -0.25) is 14.6 Å². The van der Waals surface area contributed by atoms with E-state index in [0.717, 1.165) is 60.1 Å². The highest BCUT2D eigenvalue weighted by atomic mass is 32.1. The summed E-state index contributed by atoms with van der Waals surface area (Å²) >= 11 is 1.57. The Bertz CT molecular complexity index is 1010. The van der Waals surface area contributed by atoms with Crippen molar-refractivity contribution in [3.8, 4) is 11.5 Å². The van der Waals surface area contributed by atoms with Crippen LogP contribution >= 0.6 is 11.3 Å². The molecule has 2 aliphatic rings. The van der Waals surface area contributed by atoms with Gasteiger partial charge in [0.25, 0.3) is 5.91 Å². The number of nitrogens with zero attached hydrogens (tertiary/aromatic N) is 3. The Labute approximate surface area is 205 Å². The lowest BCUT2D eigenvalue weighted by Gasteiger charge is -2.40. The Balaban J connectivity index is 1.39. The Morgan fingerprint density at radius 3 is 2.38 bits per heavy atom. The predicted molar refractivity (Wildman–Crippen MR) is 131 cm³/mol. The first kappa shape index (κ1) is 24.5. The van der Waals surface area contributed by atoms with Crippen molar-refractivity contribution in [2.75, 3.05) is 33.9 Å². The SMILES string of the molecule is CC[C@@]1(C2CCN(Cc3cc(OC)cc(OC)c3)CC2)NC(=O)N(CCc2scnc2C)C1=O. The summed E-state index contributed by atoms with van der Waals surface area (Å²) in [5.74, 6) is 1.61. The standard InChI is InChI=1S/C25H34N4O4S/c1-5-25(23(30)29(24(31)27-25)11-8-22-17(2)26-16-34-22)19-6-9-28(10-7-19)15-18-12-20(32-3)14-21(13-18)33-4/h12-14,16,19H,5-11,15H2,1-4H3,(H,27,31)/t25-/m0/s1. The highest BCUT2D eigenvalue weighted by Crippen LogP contribution is 2.37. The number of ether oxygens (including phenoxy) is 2. The van der Waals surface area contributed by atoms with Crippen molar-refractivity contribution in [1.82, 2.24) is 20.1 Å².